The Balaban J connectivity index is 1.79. The van der Waals surface area contributed by atoms with Crippen molar-refractivity contribution in [2.45, 2.75) is 6.61 Å². The highest BCUT2D eigenvalue weighted by atomic mass is 32.1. The molecule has 0 aliphatic carbocycles. The molecule has 22 heavy (non-hydrogen) atoms. The van der Waals surface area contributed by atoms with E-state index in [9.17, 15) is 8.78 Å². The van der Waals surface area contributed by atoms with Gasteiger partial charge >= 0.3 is 0 Å². The molecule has 1 heterocycles. The molecule has 0 saturated carbocycles. The average molecular weight is 316 g/mol. The van der Waals surface area contributed by atoms with Gasteiger partial charge in [0.2, 0.25) is 0 Å². The molecule has 1 aromatic heterocycles. The van der Waals surface area contributed by atoms with Gasteiger partial charge in [-0.15, -0.1) is 0 Å². The number of ether oxygens (including phenoxy) is 1. The first-order chi connectivity index (χ1) is 10.7. The van der Waals surface area contributed by atoms with Gasteiger partial charge in [-0.25, -0.2) is 8.78 Å². The Morgan fingerprint density at radius 1 is 1.14 bits per heavy atom. The van der Waals surface area contributed by atoms with E-state index in [1.54, 1.807) is 30.3 Å². The number of benzene rings is 2. The highest BCUT2D eigenvalue weighted by Gasteiger charge is 2.07. The van der Waals surface area contributed by atoms with Crippen molar-refractivity contribution in [1.82, 2.24) is 4.98 Å². The zero-order valence-electron chi connectivity index (χ0n) is 11.3. The number of hydrogen-bond acceptors (Lipinski definition) is 3. The van der Waals surface area contributed by atoms with Gasteiger partial charge in [-0.3, -0.25) is 0 Å². The van der Waals surface area contributed by atoms with E-state index in [2.05, 4.69) is 27.4 Å². The molecule has 0 radical (unpaired) electrons. The molecule has 0 saturated heterocycles. The molecule has 3 aromatic rings. The van der Waals surface area contributed by atoms with Crippen LogP contribution < -0.4 is 4.74 Å². The number of aromatic amines is 1. The van der Waals surface area contributed by atoms with Gasteiger partial charge in [-0.05, 0) is 36.5 Å². The summed E-state index contributed by atoms with van der Waals surface area (Å²) in [6, 6.07) is 11.1. The number of rotatable bonds is 4. The van der Waals surface area contributed by atoms with Crippen molar-refractivity contribution in [1.29, 1.82) is 0 Å². The third-order valence-corrected chi connectivity index (χ3v) is 3.20. The monoisotopic (exact) mass is 316 g/mol. The van der Waals surface area contributed by atoms with Gasteiger partial charge in [0, 0.05) is 23.0 Å². The van der Waals surface area contributed by atoms with Crippen molar-refractivity contribution >= 4 is 34.0 Å². The number of halogens is 2. The van der Waals surface area contributed by atoms with Crippen LogP contribution in [0, 0.1) is 11.6 Å². The van der Waals surface area contributed by atoms with E-state index >= 15 is 0 Å². The lowest BCUT2D eigenvalue weighted by molar-refractivity contribution is 0.302. The number of aromatic nitrogens is 1. The van der Waals surface area contributed by atoms with Crippen molar-refractivity contribution in [3.8, 4) is 5.75 Å². The summed E-state index contributed by atoms with van der Waals surface area (Å²) < 4.78 is 32.0. The molecule has 1 N–H and O–H groups in total. The largest absolute Gasteiger partial charge is 0.487 e. The Labute approximate surface area is 130 Å². The van der Waals surface area contributed by atoms with E-state index in [-0.39, 0.29) is 6.61 Å². The maximum absolute atomic E-state index is 13.2. The Kier molecular flexibility index (Phi) is 3.96. The van der Waals surface area contributed by atoms with Crippen LogP contribution in [0.3, 0.4) is 0 Å². The number of H-pyrrole nitrogens is 1. The second-order valence-corrected chi connectivity index (χ2v) is 4.82. The Morgan fingerprint density at radius 2 is 1.95 bits per heavy atom. The number of nitrogens with one attached hydrogen (secondary N) is 1. The highest BCUT2D eigenvalue weighted by Crippen LogP contribution is 2.22. The smallest absolute Gasteiger partial charge is 0.160 e. The van der Waals surface area contributed by atoms with Gasteiger partial charge in [-0.2, -0.15) is 4.99 Å². The van der Waals surface area contributed by atoms with E-state index in [1.165, 1.54) is 0 Å². The standard InChI is InChI=1S/C16H10F2N2OS/c17-14-5-10-4-12(20-16(10)7-15(14)18)8-21-13-3-1-2-11(6-13)19-9-22/h1-7,20H,8H2. The van der Waals surface area contributed by atoms with Gasteiger partial charge < -0.3 is 9.72 Å². The highest BCUT2D eigenvalue weighted by molar-refractivity contribution is 7.78. The summed E-state index contributed by atoms with van der Waals surface area (Å²) in [5.41, 5.74) is 1.88. The quantitative estimate of drug-likeness (QED) is 0.556. The Morgan fingerprint density at radius 3 is 2.77 bits per heavy atom. The summed E-state index contributed by atoms with van der Waals surface area (Å²) in [5.74, 6) is -1.14. The topological polar surface area (TPSA) is 37.4 Å². The molecule has 6 heteroatoms. The third-order valence-electron chi connectivity index (χ3n) is 3.10. The van der Waals surface area contributed by atoms with Gasteiger partial charge in [-0.1, -0.05) is 6.07 Å². The first-order valence-electron chi connectivity index (χ1n) is 6.43. The van der Waals surface area contributed by atoms with Crippen LogP contribution in [0.5, 0.6) is 5.75 Å². The van der Waals surface area contributed by atoms with E-state index in [0.717, 1.165) is 12.1 Å². The van der Waals surface area contributed by atoms with Crippen LogP contribution in [-0.2, 0) is 6.61 Å². The first-order valence-corrected chi connectivity index (χ1v) is 6.84. The van der Waals surface area contributed by atoms with Crippen LogP contribution in [0.1, 0.15) is 5.69 Å². The zero-order valence-corrected chi connectivity index (χ0v) is 12.1. The van der Waals surface area contributed by atoms with Crippen LogP contribution in [-0.4, -0.2) is 10.1 Å². The molecule has 0 fully saturated rings. The maximum atomic E-state index is 13.2. The first kappa shape index (κ1) is 14.4. The summed E-state index contributed by atoms with van der Waals surface area (Å²) in [6.07, 6.45) is 0. The van der Waals surface area contributed by atoms with Crippen molar-refractivity contribution < 1.29 is 13.5 Å². The molecule has 0 aliphatic rings. The minimum Gasteiger partial charge on any atom is -0.487 e. The second-order valence-electron chi connectivity index (χ2n) is 4.64. The molecule has 0 amide bonds. The normalized spacial score (nSPS) is 10.5. The van der Waals surface area contributed by atoms with Crippen molar-refractivity contribution in [3.63, 3.8) is 0 Å². The lowest BCUT2D eigenvalue weighted by Gasteiger charge is -2.04. The van der Waals surface area contributed by atoms with Gasteiger partial charge in [0.25, 0.3) is 0 Å². The van der Waals surface area contributed by atoms with E-state index < -0.39 is 11.6 Å². The van der Waals surface area contributed by atoms with Crippen LogP contribution >= 0.6 is 12.2 Å². The van der Waals surface area contributed by atoms with Crippen LogP contribution in [0.4, 0.5) is 14.5 Å². The number of hydrogen-bond donors (Lipinski definition) is 1. The zero-order chi connectivity index (χ0) is 15.5. The fourth-order valence-electron chi connectivity index (χ4n) is 2.12. The second kappa shape index (κ2) is 6.05. The number of nitrogens with zero attached hydrogens (tertiary/aromatic N) is 1. The SMILES string of the molecule is Fc1cc2cc(COc3cccc(N=C=S)c3)[nH]c2cc1F. The lowest BCUT2D eigenvalue weighted by Crippen LogP contribution is -1.95. The fraction of sp³-hybridized carbons (Fsp3) is 0.0625. The van der Waals surface area contributed by atoms with E-state index in [0.29, 0.717) is 28.0 Å². The van der Waals surface area contributed by atoms with Gasteiger partial charge in [0.15, 0.2) is 11.6 Å². The van der Waals surface area contributed by atoms with Gasteiger partial charge in [0.05, 0.1) is 16.5 Å². The molecule has 110 valence electrons. The number of thiocarbonyl (C=S) groups is 1. The predicted octanol–water partition coefficient (Wildman–Crippen LogP) is 4.76. The lowest BCUT2D eigenvalue weighted by atomic mass is 10.2. The van der Waals surface area contributed by atoms with Gasteiger partial charge in [0.1, 0.15) is 12.4 Å². The summed E-state index contributed by atoms with van der Waals surface area (Å²) in [5, 5.41) is 2.88. The summed E-state index contributed by atoms with van der Waals surface area (Å²) in [7, 11) is 0. The predicted molar refractivity (Wildman–Crippen MR) is 83.7 cm³/mol. The molecule has 0 aliphatic heterocycles. The molecule has 2 aromatic carbocycles. The van der Waals surface area contributed by atoms with Crippen LogP contribution in [0.2, 0.25) is 0 Å². The summed E-state index contributed by atoms with van der Waals surface area (Å²) in [6.45, 7) is 0.239. The molecular formula is C16H10F2N2OS. The van der Waals surface area contributed by atoms with Crippen LogP contribution in [0.15, 0.2) is 47.5 Å². The van der Waals surface area contributed by atoms with E-state index in [4.69, 9.17) is 4.74 Å². The summed E-state index contributed by atoms with van der Waals surface area (Å²) >= 11 is 4.55. The molecule has 0 spiro atoms. The molecule has 0 unspecified atom stereocenters. The molecule has 0 atom stereocenters. The Hall–Kier alpha value is -2.56. The Bertz CT molecular complexity index is 846. The number of fused-ring (bicyclic) bond motifs is 1. The van der Waals surface area contributed by atoms with Crippen molar-refractivity contribution in [2.24, 2.45) is 4.99 Å². The average Bonchev–Trinajstić information content (AvgIpc) is 2.88. The van der Waals surface area contributed by atoms with Crippen LogP contribution in [0.25, 0.3) is 10.9 Å². The molecule has 0 bridgehead atoms. The molecule has 3 nitrogen and oxygen atoms in total. The van der Waals surface area contributed by atoms with Crippen molar-refractivity contribution in [3.05, 3.63) is 59.8 Å². The third kappa shape index (κ3) is 3.03. The number of aliphatic imine (C=N–C) groups is 1. The summed E-state index contributed by atoms with van der Waals surface area (Å²) in [4.78, 5) is 6.86. The minimum atomic E-state index is -0.882. The molecular weight excluding hydrogens is 306 g/mol. The van der Waals surface area contributed by atoms with Crippen molar-refractivity contribution in [2.75, 3.05) is 0 Å². The number of isothiocyanates is 1. The fourth-order valence-corrected chi connectivity index (χ4v) is 2.23. The molecule has 3 rings (SSSR count). The van der Waals surface area contributed by atoms with E-state index in [1.807, 2.05) is 0 Å². The minimum absolute atomic E-state index is 0.239. The maximum Gasteiger partial charge on any atom is 0.160 e.